The lowest BCUT2D eigenvalue weighted by atomic mass is 10.1. The standard InChI is InChI=1S/C12H20BrN3O/c1-4-5-11-15-10(13)6-12(16-11)14-9(7-17)8(2)3/h6,8-9,17H,4-5,7H2,1-3H3,(H,14,15,16). The summed E-state index contributed by atoms with van der Waals surface area (Å²) in [6, 6.07) is 1.86. The molecule has 5 heteroatoms. The van der Waals surface area contributed by atoms with Gasteiger partial charge in [-0.15, -0.1) is 0 Å². The molecule has 1 aromatic heterocycles. The van der Waals surface area contributed by atoms with Gasteiger partial charge < -0.3 is 10.4 Å². The van der Waals surface area contributed by atoms with Crippen LogP contribution in [0.3, 0.4) is 0 Å². The number of nitrogens with one attached hydrogen (secondary N) is 1. The molecule has 1 heterocycles. The molecule has 96 valence electrons. The minimum absolute atomic E-state index is 0.0197. The van der Waals surface area contributed by atoms with Crippen molar-refractivity contribution in [3.05, 3.63) is 16.5 Å². The van der Waals surface area contributed by atoms with E-state index in [0.717, 1.165) is 29.1 Å². The van der Waals surface area contributed by atoms with E-state index in [1.807, 2.05) is 6.07 Å². The van der Waals surface area contributed by atoms with Gasteiger partial charge in [0.15, 0.2) is 0 Å². The number of hydrogen-bond acceptors (Lipinski definition) is 4. The van der Waals surface area contributed by atoms with E-state index in [2.05, 4.69) is 52.0 Å². The Hall–Kier alpha value is -0.680. The zero-order chi connectivity index (χ0) is 12.8. The highest BCUT2D eigenvalue weighted by Gasteiger charge is 2.13. The average molecular weight is 302 g/mol. The highest BCUT2D eigenvalue weighted by atomic mass is 79.9. The van der Waals surface area contributed by atoms with Crippen LogP contribution in [0, 0.1) is 5.92 Å². The molecular weight excluding hydrogens is 282 g/mol. The first-order valence-electron chi connectivity index (χ1n) is 5.97. The van der Waals surface area contributed by atoms with Gasteiger partial charge in [0, 0.05) is 12.5 Å². The van der Waals surface area contributed by atoms with E-state index in [1.54, 1.807) is 0 Å². The third kappa shape index (κ3) is 4.60. The Labute approximate surface area is 111 Å². The van der Waals surface area contributed by atoms with Crippen LogP contribution in [0.5, 0.6) is 0 Å². The molecule has 0 bridgehead atoms. The summed E-state index contributed by atoms with van der Waals surface area (Å²) in [7, 11) is 0. The molecule has 17 heavy (non-hydrogen) atoms. The predicted octanol–water partition coefficient (Wildman–Crippen LogP) is 2.62. The largest absolute Gasteiger partial charge is 0.394 e. The molecule has 0 spiro atoms. The summed E-state index contributed by atoms with van der Waals surface area (Å²) < 4.78 is 0.777. The number of rotatable bonds is 6. The summed E-state index contributed by atoms with van der Waals surface area (Å²) in [6.07, 6.45) is 1.88. The van der Waals surface area contributed by atoms with Crippen molar-refractivity contribution in [1.82, 2.24) is 9.97 Å². The van der Waals surface area contributed by atoms with Crippen molar-refractivity contribution in [3.63, 3.8) is 0 Å². The third-order valence-electron chi connectivity index (χ3n) is 2.55. The Morgan fingerprint density at radius 1 is 1.41 bits per heavy atom. The first-order chi connectivity index (χ1) is 8.06. The van der Waals surface area contributed by atoms with Crippen LogP contribution < -0.4 is 5.32 Å². The van der Waals surface area contributed by atoms with Crippen LogP contribution in [0.2, 0.25) is 0 Å². The van der Waals surface area contributed by atoms with Gasteiger partial charge in [0.05, 0.1) is 12.6 Å². The van der Waals surface area contributed by atoms with E-state index in [0.29, 0.717) is 5.92 Å². The van der Waals surface area contributed by atoms with E-state index in [1.165, 1.54) is 0 Å². The zero-order valence-electron chi connectivity index (χ0n) is 10.6. The summed E-state index contributed by atoms with van der Waals surface area (Å²) in [5, 5.41) is 12.5. The van der Waals surface area contributed by atoms with Crippen LogP contribution in [-0.2, 0) is 6.42 Å². The number of nitrogens with zero attached hydrogens (tertiary/aromatic N) is 2. The van der Waals surface area contributed by atoms with Gasteiger partial charge >= 0.3 is 0 Å². The van der Waals surface area contributed by atoms with Crippen molar-refractivity contribution in [2.24, 2.45) is 5.92 Å². The van der Waals surface area contributed by atoms with E-state index in [-0.39, 0.29) is 12.6 Å². The topological polar surface area (TPSA) is 58.0 Å². The molecule has 0 amide bonds. The quantitative estimate of drug-likeness (QED) is 0.793. The fourth-order valence-electron chi connectivity index (χ4n) is 1.49. The van der Waals surface area contributed by atoms with E-state index in [9.17, 15) is 5.11 Å². The molecule has 0 fully saturated rings. The van der Waals surface area contributed by atoms with Gasteiger partial charge in [0.1, 0.15) is 16.2 Å². The molecule has 1 atom stereocenters. The molecule has 0 aromatic carbocycles. The Morgan fingerprint density at radius 2 is 2.12 bits per heavy atom. The minimum Gasteiger partial charge on any atom is -0.394 e. The SMILES string of the molecule is CCCc1nc(Br)cc(NC(CO)C(C)C)n1. The molecule has 0 saturated carbocycles. The third-order valence-corrected chi connectivity index (χ3v) is 2.96. The Kier molecular flexibility index (Phi) is 5.85. The fourth-order valence-corrected chi connectivity index (χ4v) is 1.91. The van der Waals surface area contributed by atoms with E-state index in [4.69, 9.17) is 0 Å². The van der Waals surface area contributed by atoms with Crippen LogP contribution in [0.4, 0.5) is 5.82 Å². The van der Waals surface area contributed by atoms with Crippen LogP contribution in [0.25, 0.3) is 0 Å². The Balaban J connectivity index is 2.82. The molecule has 0 aliphatic carbocycles. The van der Waals surface area contributed by atoms with Gasteiger partial charge in [-0.2, -0.15) is 0 Å². The molecule has 2 N–H and O–H groups in total. The molecule has 1 aromatic rings. The molecule has 0 radical (unpaired) electrons. The Morgan fingerprint density at radius 3 is 2.65 bits per heavy atom. The van der Waals surface area contributed by atoms with E-state index >= 15 is 0 Å². The maximum absolute atomic E-state index is 9.28. The van der Waals surface area contributed by atoms with E-state index < -0.39 is 0 Å². The van der Waals surface area contributed by atoms with Gasteiger partial charge in [0.25, 0.3) is 0 Å². The van der Waals surface area contributed by atoms with Gasteiger partial charge in [0.2, 0.25) is 0 Å². The summed E-state index contributed by atoms with van der Waals surface area (Å²) in [6.45, 7) is 6.33. The lowest BCUT2D eigenvalue weighted by Gasteiger charge is -2.20. The molecule has 0 aliphatic heterocycles. The summed E-state index contributed by atoms with van der Waals surface area (Å²) in [4.78, 5) is 8.73. The van der Waals surface area contributed by atoms with Crippen molar-refractivity contribution in [1.29, 1.82) is 0 Å². The maximum atomic E-state index is 9.28. The lowest BCUT2D eigenvalue weighted by molar-refractivity contribution is 0.249. The average Bonchev–Trinajstić information content (AvgIpc) is 2.25. The number of aryl methyl sites for hydroxylation is 1. The lowest BCUT2D eigenvalue weighted by Crippen LogP contribution is -2.30. The van der Waals surface area contributed by atoms with Crippen LogP contribution >= 0.6 is 15.9 Å². The molecule has 0 aliphatic rings. The van der Waals surface area contributed by atoms with Gasteiger partial charge in [-0.25, -0.2) is 9.97 Å². The van der Waals surface area contributed by atoms with Crippen LogP contribution in [-0.4, -0.2) is 27.7 Å². The summed E-state index contributed by atoms with van der Waals surface area (Å²) in [5.74, 6) is 1.94. The van der Waals surface area contributed by atoms with Crippen molar-refractivity contribution in [2.75, 3.05) is 11.9 Å². The molecule has 4 nitrogen and oxygen atoms in total. The van der Waals surface area contributed by atoms with Crippen LogP contribution in [0.1, 0.15) is 33.0 Å². The van der Waals surface area contributed by atoms with Crippen molar-refractivity contribution < 1.29 is 5.11 Å². The second-order valence-corrected chi connectivity index (χ2v) is 5.23. The van der Waals surface area contributed by atoms with Gasteiger partial charge in [-0.3, -0.25) is 0 Å². The number of aliphatic hydroxyl groups excluding tert-OH is 1. The number of aliphatic hydroxyl groups is 1. The molecule has 1 rings (SSSR count). The van der Waals surface area contributed by atoms with Gasteiger partial charge in [-0.1, -0.05) is 20.8 Å². The number of anilines is 1. The van der Waals surface area contributed by atoms with Crippen molar-refractivity contribution in [2.45, 2.75) is 39.7 Å². The highest BCUT2D eigenvalue weighted by Crippen LogP contribution is 2.16. The maximum Gasteiger partial charge on any atom is 0.132 e. The smallest absolute Gasteiger partial charge is 0.132 e. The van der Waals surface area contributed by atoms with Crippen LogP contribution in [0.15, 0.2) is 10.7 Å². The predicted molar refractivity (Wildman–Crippen MR) is 73.1 cm³/mol. The molecule has 1 unspecified atom stereocenters. The molecular formula is C12H20BrN3O. The zero-order valence-corrected chi connectivity index (χ0v) is 12.2. The van der Waals surface area contributed by atoms with Crippen molar-refractivity contribution in [3.8, 4) is 0 Å². The Bertz CT molecular complexity index is 358. The fraction of sp³-hybridized carbons (Fsp3) is 0.667. The molecule has 0 saturated heterocycles. The number of hydrogen-bond donors (Lipinski definition) is 2. The van der Waals surface area contributed by atoms with Crippen molar-refractivity contribution >= 4 is 21.7 Å². The monoisotopic (exact) mass is 301 g/mol. The first kappa shape index (κ1) is 14.4. The normalized spacial score (nSPS) is 12.8. The summed E-state index contributed by atoms with van der Waals surface area (Å²) in [5.41, 5.74) is 0. The summed E-state index contributed by atoms with van der Waals surface area (Å²) >= 11 is 3.38. The van der Waals surface area contributed by atoms with Gasteiger partial charge in [-0.05, 0) is 28.3 Å². The number of aromatic nitrogens is 2. The second-order valence-electron chi connectivity index (χ2n) is 4.42. The first-order valence-corrected chi connectivity index (χ1v) is 6.77. The highest BCUT2D eigenvalue weighted by molar-refractivity contribution is 9.10. The second kappa shape index (κ2) is 6.91. The number of halogens is 1. The minimum atomic E-state index is 0.0197.